The van der Waals surface area contributed by atoms with E-state index >= 15 is 0 Å². The maximum Gasteiger partial charge on any atom is 0.222 e. The van der Waals surface area contributed by atoms with Gasteiger partial charge in [0.05, 0.1) is 0 Å². The van der Waals surface area contributed by atoms with E-state index in [0.717, 1.165) is 13.1 Å². The Morgan fingerprint density at radius 1 is 1.53 bits per heavy atom. The van der Waals surface area contributed by atoms with Crippen molar-refractivity contribution in [2.45, 2.75) is 13.3 Å². The molecule has 1 saturated heterocycles. The molecule has 1 aliphatic heterocycles. The van der Waals surface area contributed by atoms with Crippen LogP contribution in [0.2, 0.25) is 0 Å². The summed E-state index contributed by atoms with van der Waals surface area (Å²) in [7, 11) is 1.88. The van der Waals surface area contributed by atoms with Crippen LogP contribution in [0.25, 0.3) is 0 Å². The van der Waals surface area contributed by atoms with Gasteiger partial charge in [0.2, 0.25) is 5.91 Å². The van der Waals surface area contributed by atoms with Crippen LogP contribution in [-0.2, 0) is 4.79 Å². The third-order valence-corrected chi connectivity index (χ3v) is 3.35. The fourth-order valence-corrected chi connectivity index (χ4v) is 2.44. The highest BCUT2D eigenvalue weighted by molar-refractivity contribution is 5.78. The second-order valence-corrected chi connectivity index (χ2v) is 4.72. The molecular weight excluding hydrogens is 242 g/mol. The van der Waals surface area contributed by atoms with Crippen molar-refractivity contribution >= 4 is 11.7 Å². The lowest BCUT2D eigenvalue weighted by molar-refractivity contribution is -0.127. The lowest BCUT2D eigenvalue weighted by atomic mass is 10.1. The normalized spacial score (nSPS) is 18.5. The summed E-state index contributed by atoms with van der Waals surface area (Å²) < 4.78 is 0. The van der Waals surface area contributed by atoms with Crippen molar-refractivity contribution in [1.29, 1.82) is 5.26 Å². The van der Waals surface area contributed by atoms with Crippen molar-refractivity contribution in [3.8, 4) is 6.07 Å². The van der Waals surface area contributed by atoms with Crippen molar-refractivity contribution in [3.05, 3.63) is 18.1 Å². The van der Waals surface area contributed by atoms with Crippen molar-refractivity contribution in [1.82, 2.24) is 14.9 Å². The molecule has 6 nitrogen and oxygen atoms in total. The maximum atomic E-state index is 11.7. The van der Waals surface area contributed by atoms with Gasteiger partial charge >= 0.3 is 0 Å². The number of nitrogens with zero attached hydrogens (tertiary/aromatic N) is 5. The summed E-state index contributed by atoms with van der Waals surface area (Å²) in [6.45, 7) is 4.23. The first-order valence-corrected chi connectivity index (χ1v) is 6.35. The molecule has 1 fully saturated rings. The molecule has 0 bridgehead atoms. The Kier molecular flexibility index (Phi) is 3.95. The number of hydrogen-bond donors (Lipinski definition) is 0. The first-order valence-electron chi connectivity index (χ1n) is 6.35. The lowest BCUT2D eigenvalue weighted by Gasteiger charge is -2.22. The SMILES string of the molecule is CCN1C[C@@H](CN(C)c2nccnc2C#N)CC1=O. The minimum atomic E-state index is 0.209. The first-order chi connectivity index (χ1) is 9.15. The number of amides is 1. The van der Waals surface area contributed by atoms with E-state index in [4.69, 9.17) is 5.26 Å². The second-order valence-electron chi connectivity index (χ2n) is 4.72. The topological polar surface area (TPSA) is 73.1 Å². The van der Waals surface area contributed by atoms with Crippen LogP contribution in [0.3, 0.4) is 0 Å². The highest BCUT2D eigenvalue weighted by Gasteiger charge is 2.29. The summed E-state index contributed by atoms with van der Waals surface area (Å²) >= 11 is 0. The van der Waals surface area contributed by atoms with Crippen LogP contribution in [0.5, 0.6) is 0 Å². The summed E-state index contributed by atoms with van der Waals surface area (Å²) in [5, 5.41) is 9.01. The van der Waals surface area contributed by atoms with Crippen LogP contribution in [0, 0.1) is 17.2 Å². The van der Waals surface area contributed by atoms with E-state index in [1.165, 1.54) is 6.20 Å². The Balaban J connectivity index is 2.04. The largest absolute Gasteiger partial charge is 0.357 e. The van der Waals surface area contributed by atoms with Crippen molar-refractivity contribution < 1.29 is 4.79 Å². The van der Waals surface area contributed by atoms with Gasteiger partial charge in [-0.25, -0.2) is 9.97 Å². The van der Waals surface area contributed by atoms with Crippen LogP contribution in [0.15, 0.2) is 12.4 Å². The van der Waals surface area contributed by atoms with Gasteiger partial charge < -0.3 is 9.80 Å². The Hall–Kier alpha value is -2.16. The third kappa shape index (κ3) is 2.81. The molecule has 0 N–H and O–H groups in total. The van der Waals surface area contributed by atoms with E-state index in [2.05, 4.69) is 9.97 Å². The van der Waals surface area contributed by atoms with E-state index in [1.54, 1.807) is 6.20 Å². The van der Waals surface area contributed by atoms with Crippen LogP contribution in [0.4, 0.5) is 5.82 Å². The van der Waals surface area contributed by atoms with Gasteiger partial charge in [0.1, 0.15) is 6.07 Å². The Morgan fingerprint density at radius 2 is 2.26 bits per heavy atom. The quantitative estimate of drug-likeness (QED) is 0.794. The van der Waals surface area contributed by atoms with E-state index in [1.807, 2.05) is 29.8 Å². The van der Waals surface area contributed by atoms with E-state index in [-0.39, 0.29) is 11.8 Å². The highest BCUT2D eigenvalue weighted by atomic mass is 16.2. The number of carbonyl (C=O) groups is 1. The molecule has 1 aromatic heterocycles. The predicted molar refractivity (Wildman–Crippen MR) is 70.4 cm³/mol. The van der Waals surface area contributed by atoms with Crippen LogP contribution < -0.4 is 4.90 Å². The predicted octanol–water partition coefficient (Wildman–Crippen LogP) is 0.653. The Labute approximate surface area is 112 Å². The minimum Gasteiger partial charge on any atom is -0.357 e. The molecule has 0 saturated carbocycles. The zero-order valence-electron chi connectivity index (χ0n) is 11.2. The number of aromatic nitrogens is 2. The molecule has 1 aliphatic rings. The number of rotatable bonds is 4. The Bertz CT molecular complexity index is 510. The lowest BCUT2D eigenvalue weighted by Crippen LogP contribution is -2.29. The number of likely N-dealkylation sites (tertiary alicyclic amines) is 1. The third-order valence-electron chi connectivity index (χ3n) is 3.35. The van der Waals surface area contributed by atoms with Gasteiger partial charge in [0.15, 0.2) is 11.5 Å². The number of anilines is 1. The average molecular weight is 259 g/mol. The molecule has 1 amide bonds. The summed E-state index contributed by atoms with van der Waals surface area (Å²) in [4.78, 5) is 23.6. The summed E-state index contributed by atoms with van der Waals surface area (Å²) in [6.07, 6.45) is 3.65. The number of nitriles is 1. The monoisotopic (exact) mass is 259 g/mol. The molecule has 0 radical (unpaired) electrons. The first kappa shape index (κ1) is 13.3. The van der Waals surface area contributed by atoms with E-state index in [0.29, 0.717) is 24.5 Å². The van der Waals surface area contributed by atoms with Gasteiger partial charge in [-0.15, -0.1) is 0 Å². The smallest absolute Gasteiger partial charge is 0.222 e. The maximum absolute atomic E-state index is 11.7. The van der Waals surface area contributed by atoms with Crippen LogP contribution in [-0.4, -0.2) is 47.5 Å². The minimum absolute atomic E-state index is 0.209. The van der Waals surface area contributed by atoms with Gasteiger partial charge in [-0.3, -0.25) is 4.79 Å². The summed E-state index contributed by atoms with van der Waals surface area (Å²) in [6, 6.07) is 2.04. The molecule has 19 heavy (non-hydrogen) atoms. The van der Waals surface area contributed by atoms with E-state index in [9.17, 15) is 4.79 Å². The molecule has 1 atom stereocenters. The van der Waals surface area contributed by atoms with Crippen LogP contribution >= 0.6 is 0 Å². The molecule has 2 heterocycles. The zero-order chi connectivity index (χ0) is 13.8. The second kappa shape index (κ2) is 5.65. The van der Waals surface area contributed by atoms with Crippen molar-refractivity contribution in [2.75, 3.05) is 31.6 Å². The number of hydrogen-bond acceptors (Lipinski definition) is 5. The van der Waals surface area contributed by atoms with Gasteiger partial charge in [-0.1, -0.05) is 0 Å². The van der Waals surface area contributed by atoms with E-state index < -0.39 is 0 Å². The zero-order valence-corrected chi connectivity index (χ0v) is 11.2. The van der Waals surface area contributed by atoms with Gasteiger partial charge in [0, 0.05) is 51.4 Å². The molecule has 2 rings (SSSR count). The van der Waals surface area contributed by atoms with Crippen molar-refractivity contribution in [3.63, 3.8) is 0 Å². The van der Waals surface area contributed by atoms with Crippen LogP contribution in [0.1, 0.15) is 19.0 Å². The number of carbonyl (C=O) groups excluding carboxylic acids is 1. The standard InChI is InChI=1S/C13H17N5O/c1-3-18-9-10(6-12(18)19)8-17(2)13-11(7-14)15-4-5-16-13/h4-5,10H,3,6,8-9H2,1-2H3/t10-/m1/s1. The van der Waals surface area contributed by atoms with Gasteiger partial charge in [-0.2, -0.15) is 5.26 Å². The molecule has 6 heteroatoms. The molecule has 0 spiro atoms. The Morgan fingerprint density at radius 3 is 2.89 bits per heavy atom. The molecule has 0 aliphatic carbocycles. The van der Waals surface area contributed by atoms with Gasteiger partial charge in [-0.05, 0) is 6.92 Å². The fourth-order valence-electron chi connectivity index (χ4n) is 2.44. The summed E-state index contributed by atoms with van der Waals surface area (Å²) in [5.41, 5.74) is 0.321. The molecule has 0 unspecified atom stereocenters. The average Bonchev–Trinajstić information content (AvgIpc) is 2.78. The molecule has 1 aromatic rings. The molecule has 100 valence electrons. The highest BCUT2D eigenvalue weighted by Crippen LogP contribution is 2.21. The molecule has 0 aromatic carbocycles. The molecular formula is C13H17N5O. The summed E-state index contributed by atoms with van der Waals surface area (Å²) in [5.74, 6) is 1.07. The fraction of sp³-hybridized carbons (Fsp3) is 0.538. The van der Waals surface area contributed by atoms with Gasteiger partial charge in [0.25, 0.3) is 0 Å². The van der Waals surface area contributed by atoms with Crippen molar-refractivity contribution in [2.24, 2.45) is 5.92 Å².